The zero-order chi connectivity index (χ0) is 29.3. The topological polar surface area (TPSA) is 115 Å². The van der Waals surface area contributed by atoms with Gasteiger partial charge in [0.05, 0.1) is 17.3 Å². The van der Waals surface area contributed by atoms with Crippen LogP contribution in [0.3, 0.4) is 0 Å². The second-order valence-corrected chi connectivity index (χ2v) is 15.1. The quantitative estimate of drug-likeness (QED) is 0.331. The number of ketones is 1. The Morgan fingerprint density at radius 2 is 1.68 bits per heavy atom. The number of aliphatic hydroxyl groups excluding tert-OH is 1. The number of aromatic carboxylic acids is 1. The highest BCUT2D eigenvalue weighted by molar-refractivity contribution is 5.89. The molecule has 0 aromatic heterocycles. The number of hydrogen-bond acceptors (Lipinski definition) is 5. The van der Waals surface area contributed by atoms with Crippen LogP contribution in [0.25, 0.3) is 0 Å². The maximum Gasteiger partial charge on any atom is 0.336 e. The first-order valence-corrected chi connectivity index (χ1v) is 15.6. The van der Waals surface area contributed by atoms with Gasteiger partial charge in [-0.2, -0.15) is 0 Å². The van der Waals surface area contributed by atoms with Crippen molar-refractivity contribution in [1.29, 1.82) is 0 Å². The molecule has 1 aromatic rings. The van der Waals surface area contributed by atoms with Gasteiger partial charge in [-0.15, -0.1) is 0 Å². The first-order chi connectivity index (χ1) is 18.6. The van der Waals surface area contributed by atoms with Gasteiger partial charge in [-0.25, -0.2) is 4.79 Å². The third kappa shape index (κ3) is 4.66. The maximum atomic E-state index is 12.8. The summed E-state index contributed by atoms with van der Waals surface area (Å²) in [5, 5.41) is 43.8. The molecule has 10 atom stereocenters. The second kappa shape index (κ2) is 10.2. The van der Waals surface area contributed by atoms with E-state index in [-0.39, 0.29) is 34.0 Å². The van der Waals surface area contributed by atoms with Gasteiger partial charge < -0.3 is 20.4 Å². The Bertz CT molecular complexity index is 1140. The number of carboxylic acid groups (broad SMARTS) is 1. The van der Waals surface area contributed by atoms with Crippen molar-refractivity contribution in [3.8, 4) is 0 Å². The van der Waals surface area contributed by atoms with Crippen molar-refractivity contribution in [2.75, 3.05) is 0 Å². The average molecular weight is 555 g/mol. The zero-order valence-electron chi connectivity index (χ0n) is 25.0. The molecule has 40 heavy (non-hydrogen) atoms. The van der Waals surface area contributed by atoms with E-state index in [0.717, 1.165) is 44.9 Å². The van der Waals surface area contributed by atoms with Crippen molar-refractivity contribution in [3.05, 3.63) is 35.4 Å². The Hall–Kier alpha value is -1.76. The van der Waals surface area contributed by atoms with Crippen LogP contribution in [0.15, 0.2) is 24.3 Å². The number of Topliss-reactive ketones (excluding diaryl/α,β-unsaturated/α-hetero) is 1. The number of carboxylic acids is 1. The van der Waals surface area contributed by atoms with Crippen LogP contribution in [0.4, 0.5) is 0 Å². The molecule has 4 fully saturated rings. The molecule has 6 nitrogen and oxygen atoms in total. The zero-order valence-corrected chi connectivity index (χ0v) is 25.0. The summed E-state index contributed by atoms with van der Waals surface area (Å²) in [7, 11) is 0. The van der Waals surface area contributed by atoms with E-state index in [2.05, 4.69) is 20.8 Å². The van der Waals surface area contributed by atoms with Crippen molar-refractivity contribution in [3.63, 3.8) is 0 Å². The SMILES string of the molecule is C[C@H](CCC(=O)C(C)(C)O)[C@H]1CC[C@H]2[C@@H]3C[C@@](O)(c4ccccc4C(=O)O)[C@@H]4C[C@H](O)CC[C@]4(C)[C@H]3CC[C@]12C. The van der Waals surface area contributed by atoms with E-state index < -0.39 is 23.3 Å². The number of rotatable bonds is 7. The lowest BCUT2D eigenvalue weighted by Crippen LogP contribution is -2.62. The van der Waals surface area contributed by atoms with E-state index in [1.807, 2.05) is 6.07 Å². The summed E-state index contributed by atoms with van der Waals surface area (Å²) in [5.74, 6) is 0.662. The van der Waals surface area contributed by atoms with Crippen LogP contribution >= 0.6 is 0 Å². The predicted molar refractivity (Wildman–Crippen MR) is 154 cm³/mol. The molecule has 0 aliphatic heterocycles. The van der Waals surface area contributed by atoms with E-state index in [1.54, 1.807) is 32.0 Å². The van der Waals surface area contributed by atoms with Crippen LogP contribution in [0.1, 0.15) is 115 Å². The van der Waals surface area contributed by atoms with E-state index >= 15 is 0 Å². The fourth-order valence-electron chi connectivity index (χ4n) is 10.6. The van der Waals surface area contributed by atoms with Gasteiger partial charge in [0, 0.05) is 6.42 Å². The standard InChI is InChI=1S/C34H50O6/c1-20(10-13-29(36)31(2,3)39)24-11-12-25-23-19-34(40,27-9-7-6-8-22(27)30(37)38)28-18-21(35)14-16-33(28,5)26(23)15-17-32(24,25)4/h6-9,20-21,23-26,28,35,39-40H,10-19H2,1-5H3,(H,37,38)/t20-,21-,23+,24-,25+,26+,28-,32-,33-,34-/m1/s1. The summed E-state index contributed by atoms with van der Waals surface area (Å²) in [5.41, 5.74) is -2.01. The highest BCUT2D eigenvalue weighted by Gasteiger charge is 2.66. The minimum Gasteiger partial charge on any atom is -0.478 e. The van der Waals surface area contributed by atoms with Gasteiger partial charge in [-0.3, -0.25) is 4.79 Å². The van der Waals surface area contributed by atoms with Gasteiger partial charge in [0.1, 0.15) is 5.60 Å². The molecular formula is C34H50O6. The van der Waals surface area contributed by atoms with Gasteiger partial charge in [-0.1, -0.05) is 39.0 Å². The highest BCUT2D eigenvalue weighted by atomic mass is 16.4. The molecule has 0 unspecified atom stereocenters. The number of carbonyl (C=O) groups excluding carboxylic acids is 1. The molecule has 0 saturated heterocycles. The number of carbonyl (C=O) groups is 2. The Morgan fingerprint density at radius 3 is 2.35 bits per heavy atom. The van der Waals surface area contributed by atoms with Crippen molar-refractivity contribution < 1.29 is 30.0 Å². The summed E-state index contributed by atoms with van der Waals surface area (Å²) in [6.07, 6.45) is 7.70. The Balaban J connectivity index is 1.49. The third-order valence-corrected chi connectivity index (χ3v) is 12.6. The fourth-order valence-corrected chi connectivity index (χ4v) is 10.6. The van der Waals surface area contributed by atoms with Gasteiger partial charge >= 0.3 is 5.97 Å². The average Bonchev–Trinajstić information content (AvgIpc) is 3.25. The smallest absolute Gasteiger partial charge is 0.336 e. The van der Waals surface area contributed by atoms with E-state index in [4.69, 9.17) is 0 Å². The number of benzene rings is 1. The van der Waals surface area contributed by atoms with Crippen LogP contribution in [0, 0.1) is 46.3 Å². The molecule has 4 saturated carbocycles. The minimum atomic E-state index is -1.31. The molecule has 4 aliphatic rings. The third-order valence-electron chi connectivity index (χ3n) is 12.6. The molecule has 0 spiro atoms. The molecule has 222 valence electrons. The Morgan fingerprint density at radius 1 is 1.02 bits per heavy atom. The number of fused-ring (bicyclic) bond motifs is 5. The van der Waals surface area contributed by atoms with E-state index in [9.17, 15) is 30.0 Å². The Kier molecular flexibility index (Phi) is 7.58. The van der Waals surface area contributed by atoms with Crippen LogP contribution in [0.5, 0.6) is 0 Å². The molecule has 0 amide bonds. The first kappa shape index (κ1) is 29.7. The summed E-state index contributed by atoms with van der Waals surface area (Å²) in [6.45, 7) is 10.2. The van der Waals surface area contributed by atoms with Crippen molar-refractivity contribution in [2.45, 2.75) is 116 Å². The van der Waals surface area contributed by atoms with Gasteiger partial charge in [0.25, 0.3) is 0 Å². The summed E-state index contributed by atoms with van der Waals surface area (Å²) in [4.78, 5) is 24.8. The summed E-state index contributed by atoms with van der Waals surface area (Å²) < 4.78 is 0. The van der Waals surface area contributed by atoms with Gasteiger partial charge in [0.2, 0.25) is 0 Å². The molecule has 0 radical (unpaired) electrons. The van der Waals surface area contributed by atoms with Gasteiger partial charge in [0.15, 0.2) is 5.78 Å². The monoisotopic (exact) mass is 554 g/mol. The molecule has 5 rings (SSSR count). The normalized spacial score (nSPS) is 41.9. The van der Waals surface area contributed by atoms with Crippen LogP contribution in [-0.2, 0) is 10.4 Å². The molecule has 1 aromatic carbocycles. The van der Waals surface area contributed by atoms with Crippen LogP contribution in [-0.4, -0.2) is 43.9 Å². The van der Waals surface area contributed by atoms with Crippen molar-refractivity contribution in [1.82, 2.24) is 0 Å². The lowest BCUT2D eigenvalue weighted by atomic mass is 9.40. The van der Waals surface area contributed by atoms with Crippen molar-refractivity contribution in [2.24, 2.45) is 46.3 Å². The molecule has 6 heteroatoms. The largest absolute Gasteiger partial charge is 0.478 e. The predicted octanol–water partition coefficient (Wildman–Crippen LogP) is 5.96. The fraction of sp³-hybridized carbons (Fsp3) is 0.765. The maximum absolute atomic E-state index is 12.8. The molecule has 4 aliphatic carbocycles. The van der Waals surface area contributed by atoms with Gasteiger partial charge in [-0.05, 0) is 130 Å². The Labute approximate surface area is 239 Å². The number of hydrogen-bond donors (Lipinski definition) is 4. The second-order valence-electron chi connectivity index (χ2n) is 15.1. The first-order valence-electron chi connectivity index (χ1n) is 15.6. The van der Waals surface area contributed by atoms with Crippen LogP contribution < -0.4 is 0 Å². The lowest BCUT2D eigenvalue weighted by Gasteiger charge is -2.65. The minimum absolute atomic E-state index is 0.100. The summed E-state index contributed by atoms with van der Waals surface area (Å²) >= 11 is 0. The van der Waals surface area contributed by atoms with E-state index in [1.165, 1.54) is 0 Å². The highest BCUT2D eigenvalue weighted by Crippen LogP contribution is 2.71. The van der Waals surface area contributed by atoms with Crippen LogP contribution in [0.2, 0.25) is 0 Å². The lowest BCUT2D eigenvalue weighted by molar-refractivity contribution is -0.221. The molecule has 4 N–H and O–H groups in total. The number of aliphatic hydroxyl groups is 3. The molecular weight excluding hydrogens is 504 g/mol. The molecule has 0 heterocycles. The summed E-state index contributed by atoms with van der Waals surface area (Å²) in [6, 6.07) is 6.95. The van der Waals surface area contributed by atoms with E-state index in [0.29, 0.717) is 48.5 Å². The molecule has 0 bridgehead atoms. The van der Waals surface area contributed by atoms with Crippen molar-refractivity contribution >= 4 is 11.8 Å².